The summed E-state index contributed by atoms with van der Waals surface area (Å²) in [6, 6.07) is 16.3. The lowest BCUT2D eigenvalue weighted by Gasteiger charge is -2.23. The number of ether oxygens (including phenoxy) is 1. The monoisotopic (exact) mass is 326 g/mol. The lowest BCUT2D eigenvalue weighted by molar-refractivity contribution is -0.130. The summed E-state index contributed by atoms with van der Waals surface area (Å²) >= 11 is 0. The molecule has 0 saturated carbocycles. The molecule has 2 rings (SSSR count). The number of carbonyl (C=O) groups excluding carboxylic acids is 2. The van der Waals surface area contributed by atoms with E-state index in [0.717, 1.165) is 11.3 Å². The van der Waals surface area contributed by atoms with E-state index in [0.29, 0.717) is 12.1 Å². The lowest BCUT2D eigenvalue weighted by atomic mass is 10.2. The van der Waals surface area contributed by atoms with Crippen molar-refractivity contribution in [2.45, 2.75) is 19.5 Å². The molecule has 1 atom stereocenters. The normalized spacial score (nSPS) is 11.5. The highest BCUT2D eigenvalue weighted by molar-refractivity contribution is 5.90. The van der Waals surface area contributed by atoms with Crippen molar-refractivity contribution in [3.8, 4) is 0 Å². The van der Waals surface area contributed by atoms with Crippen LogP contribution in [0.25, 0.3) is 0 Å². The van der Waals surface area contributed by atoms with Crippen molar-refractivity contribution in [1.82, 2.24) is 4.90 Å². The van der Waals surface area contributed by atoms with Crippen LogP contribution in [0.4, 0.5) is 5.69 Å². The van der Waals surface area contributed by atoms with Gasteiger partial charge in [0.2, 0.25) is 5.91 Å². The van der Waals surface area contributed by atoms with E-state index >= 15 is 0 Å². The van der Waals surface area contributed by atoms with Crippen LogP contribution in [0.2, 0.25) is 0 Å². The molecule has 1 amide bonds. The number of nitrogens with one attached hydrogen (secondary N) is 1. The molecule has 0 aromatic heterocycles. The van der Waals surface area contributed by atoms with Crippen molar-refractivity contribution >= 4 is 17.6 Å². The van der Waals surface area contributed by atoms with Crippen molar-refractivity contribution in [2.75, 3.05) is 19.5 Å². The van der Waals surface area contributed by atoms with E-state index in [2.05, 4.69) is 10.1 Å². The Bertz CT molecular complexity index is 684. The summed E-state index contributed by atoms with van der Waals surface area (Å²) in [5, 5.41) is 3.15. The Morgan fingerprint density at radius 2 is 1.71 bits per heavy atom. The van der Waals surface area contributed by atoms with Crippen molar-refractivity contribution in [1.29, 1.82) is 0 Å². The van der Waals surface area contributed by atoms with E-state index in [4.69, 9.17) is 0 Å². The first-order valence-corrected chi connectivity index (χ1v) is 7.75. The van der Waals surface area contributed by atoms with Crippen LogP contribution in [-0.4, -0.2) is 37.0 Å². The molecule has 0 aliphatic rings. The maximum absolute atomic E-state index is 12.5. The first-order valence-electron chi connectivity index (χ1n) is 7.75. The largest absolute Gasteiger partial charge is 0.465 e. The Balaban J connectivity index is 1.94. The van der Waals surface area contributed by atoms with Gasteiger partial charge in [0.05, 0.1) is 12.7 Å². The number of methoxy groups -OCH3 is 1. The fourth-order valence-electron chi connectivity index (χ4n) is 2.40. The summed E-state index contributed by atoms with van der Waals surface area (Å²) in [6.07, 6.45) is 0. The molecule has 5 nitrogen and oxygen atoms in total. The van der Waals surface area contributed by atoms with Gasteiger partial charge in [0, 0.05) is 19.3 Å². The first-order chi connectivity index (χ1) is 11.5. The summed E-state index contributed by atoms with van der Waals surface area (Å²) in [4.78, 5) is 25.6. The smallest absolute Gasteiger partial charge is 0.337 e. The van der Waals surface area contributed by atoms with Crippen molar-refractivity contribution in [3.63, 3.8) is 0 Å². The Morgan fingerprint density at radius 1 is 1.08 bits per heavy atom. The van der Waals surface area contributed by atoms with Crippen LogP contribution in [-0.2, 0) is 16.1 Å². The van der Waals surface area contributed by atoms with Gasteiger partial charge >= 0.3 is 5.97 Å². The Kier molecular flexibility index (Phi) is 5.95. The van der Waals surface area contributed by atoms with Crippen LogP contribution in [0.15, 0.2) is 54.6 Å². The molecular weight excluding hydrogens is 304 g/mol. The number of amides is 1. The fourth-order valence-corrected chi connectivity index (χ4v) is 2.40. The second-order valence-corrected chi connectivity index (χ2v) is 5.61. The molecule has 0 saturated heterocycles. The topological polar surface area (TPSA) is 58.6 Å². The lowest BCUT2D eigenvalue weighted by Crippen LogP contribution is -2.38. The molecule has 0 aliphatic carbocycles. The molecule has 0 heterocycles. The number of hydrogen-bond donors (Lipinski definition) is 1. The molecule has 0 spiro atoms. The third-order valence-electron chi connectivity index (χ3n) is 3.70. The highest BCUT2D eigenvalue weighted by Gasteiger charge is 2.17. The summed E-state index contributed by atoms with van der Waals surface area (Å²) in [6.45, 7) is 2.38. The Hall–Kier alpha value is -2.82. The third-order valence-corrected chi connectivity index (χ3v) is 3.70. The van der Waals surface area contributed by atoms with Crippen LogP contribution < -0.4 is 5.32 Å². The minimum Gasteiger partial charge on any atom is -0.465 e. The maximum atomic E-state index is 12.5. The predicted molar refractivity (Wildman–Crippen MR) is 93.8 cm³/mol. The number of nitrogens with zero attached hydrogens (tertiary/aromatic N) is 1. The molecule has 2 aromatic rings. The van der Waals surface area contributed by atoms with Gasteiger partial charge in [-0.15, -0.1) is 0 Å². The minimum absolute atomic E-state index is 0.00380. The maximum Gasteiger partial charge on any atom is 0.337 e. The molecule has 0 fully saturated rings. The number of likely N-dealkylation sites (N-methyl/N-ethyl adjacent to an activating group) is 1. The van der Waals surface area contributed by atoms with E-state index in [-0.39, 0.29) is 17.9 Å². The van der Waals surface area contributed by atoms with Crippen LogP contribution in [0.3, 0.4) is 0 Å². The summed E-state index contributed by atoms with van der Waals surface area (Å²) in [5.74, 6) is -0.385. The van der Waals surface area contributed by atoms with Gasteiger partial charge in [-0.25, -0.2) is 4.79 Å². The molecule has 0 unspecified atom stereocenters. The zero-order valence-corrected chi connectivity index (χ0v) is 14.2. The average molecular weight is 326 g/mol. The molecule has 126 valence electrons. The summed E-state index contributed by atoms with van der Waals surface area (Å²) in [7, 11) is 3.13. The van der Waals surface area contributed by atoms with E-state index in [1.165, 1.54) is 7.11 Å². The summed E-state index contributed by atoms with van der Waals surface area (Å²) < 4.78 is 4.66. The van der Waals surface area contributed by atoms with Crippen LogP contribution in [0.1, 0.15) is 22.8 Å². The van der Waals surface area contributed by atoms with Gasteiger partial charge in [-0.3, -0.25) is 4.79 Å². The highest BCUT2D eigenvalue weighted by atomic mass is 16.5. The van der Waals surface area contributed by atoms with Gasteiger partial charge < -0.3 is 15.0 Å². The number of esters is 1. The quantitative estimate of drug-likeness (QED) is 0.829. The molecule has 5 heteroatoms. The van der Waals surface area contributed by atoms with Crippen molar-refractivity contribution in [2.24, 2.45) is 0 Å². The molecule has 0 radical (unpaired) electrons. The summed E-state index contributed by atoms with van der Waals surface area (Å²) in [5.41, 5.74) is 2.34. The van der Waals surface area contributed by atoms with Gasteiger partial charge in [0.15, 0.2) is 0 Å². The molecule has 0 bridgehead atoms. The van der Waals surface area contributed by atoms with Gasteiger partial charge in [-0.2, -0.15) is 0 Å². The number of benzene rings is 2. The van der Waals surface area contributed by atoms with E-state index in [9.17, 15) is 9.59 Å². The first kappa shape index (κ1) is 17.5. The standard InChI is InChI=1S/C19H22N2O3/c1-14(18(22)21(2)13-15-7-5-4-6-8-15)20-17-11-9-16(10-12-17)19(23)24-3/h4-12,14,20H,13H2,1-3H3/t14-/m0/s1. The molecule has 2 aromatic carbocycles. The van der Waals surface area contributed by atoms with Crippen LogP contribution >= 0.6 is 0 Å². The van der Waals surface area contributed by atoms with E-state index < -0.39 is 0 Å². The third kappa shape index (κ3) is 4.59. The average Bonchev–Trinajstić information content (AvgIpc) is 2.61. The molecule has 24 heavy (non-hydrogen) atoms. The molecular formula is C19H22N2O3. The van der Waals surface area contributed by atoms with Crippen molar-refractivity contribution in [3.05, 3.63) is 65.7 Å². The number of anilines is 1. The fraction of sp³-hybridized carbons (Fsp3) is 0.263. The van der Waals surface area contributed by atoms with Gasteiger partial charge in [0.25, 0.3) is 0 Å². The van der Waals surface area contributed by atoms with Gasteiger partial charge in [-0.05, 0) is 36.8 Å². The number of rotatable bonds is 6. The van der Waals surface area contributed by atoms with Gasteiger partial charge in [-0.1, -0.05) is 30.3 Å². The molecule has 0 aliphatic heterocycles. The Labute approximate surface area is 142 Å². The zero-order chi connectivity index (χ0) is 17.5. The SMILES string of the molecule is COC(=O)c1ccc(N[C@@H](C)C(=O)N(C)Cc2ccccc2)cc1. The Morgan fingerprint density at radius 3 is 2.29 bits per heavy atom. The molecule has 1 N–H and O–H groups in total. The number of carbonyl (C=O) groups is 2. The van der Waals surface area contributed by atoms with Gasteiger partial charge in [0.1, 0.15) is 6.04 Å². The minimum atomic E-state index is -0.381. The van der Waals surface area contributed by atoms with E-state index in [1.54, 1.807) is 36.2 Å². The van der Waals surface area contributed by atoms with E-state index in [1.807, 2.05) is 37.3 Å². The zero-order valence-electron chi connectivity index (χ0n) is 14.2. The number of hydrogen-bond acceptors (Lipinski definition) is 4. The second kappa shape index (κ2) is 8.15. The second-order valence-electron chi connectivity index (χ2n) is 5.61. The van der Waals surface area contributed by atoms with Crippen LogP contribution in [0, 0.1) is 0 Å². The predicted octanol–water partition coefficient (Wildman–Crippen LogP) is 2.93. The van der Waals surface area contributed by atoms with Crippen molar-refractivity contribution < 1.29 is 14.3 Å². The highest BCUT2D eigenvalue weighted by Crippen LogP contribution is 2.13. The van der Waals surface area contributed by atoms with Crippen LogP contribution in [0.5, 0.6) is 0 Å².